The minimum Gasteiger partial charge on any atom is -0.369 e. The maximum atomic E-state index is 9.40. The van der Waals surface area contributed by atoms with E-state index < -0.39 is 0 Å². The van der Waals surface area contributed by atoms with Crippen LogP contribution in [0.1, 0.15) is 42.4 Å². The number of terminal acetylenes is 1. The van der Waals surface area contributed by atoms with Crippen LogP contribution in [0.15, 0.2) is 36.4 Å². The predicted molar refractivity (Wildman–Crippen MR) is 130 cm³/mol. The Hall–Kier alpha value is -3.24. The van der Waals surface area contributed by atoms with Crippen LogP contribution < -0.4 is 10.6 Å². The van der Waals surface area contributed by atoms with E-state index in [2.05, 4.69) is 68.9 Å². The van der Waals surface area contributed by atoms with E-state index in [9.17, 15) is 10.5 Å². The largest absolute Gasteiger partial charge is 0.369 e. The van der Waals surface area contributed by atoms with Crippen LogP contribution in [0.5, 0.6) is 0 Å². The molecule has 0 spiro atoms. The number of rotatable bonds is 9. The lowest BCUT2D eigenvalue weighted by molar-refractivity contribution is 0.171. The molecule has 0 amide bonds. The molecule has 1 aliphatic rings. The summed E-state index contributed by atoms with van der Waals surface area (Å²) in [5.41, 5.74) is 2.07. The van der Waals surface area contributed by atoms with Crippen molar-refractivity contribution in [2.75, 3.05) is 36.8 Å². The third-order valence-electron chi connectivity index (χ3n) is 5.66. The highest BCUT2D eigenvalue weighted by Crippen LogP contribution is 2.24. The number of hydrogen-bond acceptors (Lipinski definition) is 6. The van der Waals surface area contributed by atoms with Crippen molar-refractivity contribution in [1.29, 1.82) is 10.5 Å². The Morgan fingerprint density at radius 3 is 2.31 bits per heavy atom. The summed E-state index contributed by atoms with van der Waals surface area (Å²) in [7, 11) is 0. The molecule has 6 nitrogen and oxygen atoms in total. The molecule has 166 valence electrons. The second kappa shape index (κ2) is 13.2. The van der Waals surface area contributed by atoms with Gasteiger partial charge in [0.05, 0.1) is 17.7 Å². The fourth-order valence-electron chi connectivity index (χ4n) is 3.96. The Morgan fingerprint density at radius 1 is 1.03 bits per heavy atom. The monoisotopic (exact) mass is 448 g/mol. The number of nitriles is 2. The van der Waals surface area contributed by atoms with Crippen LogP contribution in [0.4, 0.5) is 11.6 Å². The zero-order chi connectivity index (χ0) is 21.9. The highest BCUT2D eigenvalue weighted by Gasteiger charge is 2.19. The zero-order valence-electron chi connectivity index (χ0n) is 18.2. The van der Waals surface area contributed by atoms with E-state index in [4.69, 9.17) is 6.42 Å². The molecule has 0 atom stereocenters. The van der Waals surface area contributed by atoms with Gasteiger partial charge in [0.1, 0.15) is 23.8 Å². The van der Waals surface area contributed by atoms with Crippen LogP contribution in [0.3, 0.4) is 0 Å². The Labute approximate surface area is 197 Å². The molecule has 0 unspecified atom stereocenters. The highest BCUT2D eigenvalue weighted by molar-refractivity contribution is 5.85. The molecule has 2 heterocycles. The molecular formula is C25H29ClN6. The predicted octanol–water partition coefficient (Wildman–Crippen LogP) is 4.40. The molecule has 0 saturated carbocycles. The van der Waals surface area contributed by atoms with Crippen molar-refractivity contribution in [3.05, 3.63) is 53.1 Å². The van der Waals surface area contributed by atoms with E-state index in [1.54, 1.807) is 6.07 Å². The number of likely N-dealkylation sites (tertiary alicyclic amines) is 1. The summed E-state index contributed by atoms with van der Waals surface area (Å²) in [6, 6.07) is 16.4. The third-order valence-corrected chi connectivity index (χ3v) is 5.66. The van der Waals surface area contributed by atoms with Crippen LogP contribution in [0, 0.1) is 40.9 Å². The number of piperidine rings is 1. The summed E-state index contributed by atoms with van der Waals surface area (Å²) in [5, 5.41) is 24.9. The van der Waals surface area contributed by atoms with Crippen molar-refractivity contribution in [3.63, 3.8) is 0 Å². The molecule has 0 radical (unpaired) electrons. The van der Waals surface area contributed by atoms with Crippen molar-refractivity contribution in [2.24, 2.45) is 5.92 Å². The van der Waals surface area contributed by atoms with Gasteiger partial charge in [-0.1, -0.05) is 36.3 Å². The first-order chi connectivity index (χ1) is 15.2. The molecule has 32 heavy (non-hydrogen) atoms. The fourth-order valence-corrected chi connectivity index (χ4v) is 3.96. The van der Waals surface area contributed by atoms with Crippen molar-refractivity contribution in [3.8, 4) is 24.5 Å². The summed E-state index contributed by atoms with van der Waals surface area (Å²) in [4.78, 5) is 6.95. The first-order valence-electron chi connectivity index (χ1n) is 10.8. The second-order valence-electron chi connectivity index (χ2n) is 7.84. The first kappa shape index (κ1) is 25.0. The van der Waals surface area contributed by atoms with Crippen LogP contribution in [0.25, 0.3) is 0 Å². The lowest BCUT2D eigenvalue weighted by atomic mass is 9.92. The smallest absolute Gasteiger partial charge is 0.147 e. The van der Waals surface area contributed by atoms with Gasteiger partial charge >= 0.3 is 0 Å². The first-order valence-corrected chi connectivity index (χ1v) is 10.8. The minimum atomic E-state index is 0. The SMILES string of the molecule is C#CCNc1nc(NCCCC2CCN(Cc3ccccc3)CC2)c(C#N)cc1C#N.Cl. The lowest BCUT2D eigenvalue weighted by Gasteiger charge is -2.32. The van der Waals surface area contributed by atoms with Crippen molar-refractivity contribution in [1.82, 2.24) is 9.88 Å². The van der Waals surface area contributed by atoms with E-state index in [-0.39, 0.29) is 19.0 Å². The standard InChI is InChI=1S/C25H28N6.ClH/c1-2-12-28-24-22(17-26)16-23(18-27)25(30-24)29-13-6-9-20-10-14-31(15-11-20)19-21-7-4-3-5-8-21;/h1,3-5,7-8,16,20H,6,9-15,19H2,(H2,28,29,30);1H. The van der Waals surface area contributed by atoms with E-state index in [0.717, 1.165) is 44.9 Å². The molecule has 2 N–H and O–H groups in total. The lowest BCUT2D eigenvalue weighted by Crippen LogP contribution is -2.33. The number of benzene rings is 1. The van der Waals surface area contributed by atoms with Gasteiger partial charge in [-0.15, -0.1) is 18.8 Å². The molecule has 1 aromatic carbocycles. The highest BCUT2D eigenvalue weighted by atomic mass is 35.5. The summed E-state index contributed by atoms with van der Waals surface area (Å²) < 4.78 is 0. The number of hydrogen-bond donors (Lipinski definition) is 2. The number of nitrogens with zero attached hydrogens (tertiary/aromatic N) is 4. The average Bonchev–Trinajstić information content (AvgIpc) is 2.82. The summed E-state index contributed by atoms with van der Waals surface area (Å²) in [6.07, 6.45) is 9.92. The molecular weight excluding hydrogens is 420 g/mol. The molecule has 1 saturated heterocycles. The van der Waals surface area contributed by atoms with Crippen LogP contribution >= 0.6 is 12.4 Å². The molecule has 1 aliphatic heterocycles. The molecule has 7 heteroatoms. The van der Waals surface area contributed by atoms with Gasteiger partial charge in [-0.05, 0) is 56.3 Å². The Bertz CT molecular complexity index is 978. The van der Waals surface area contributed by atoms with E-state index >= 15 is 0 Å². The minimum absolute atomic E-state index is 0. The van der Waals surface area contributed by atoms with Gasteiger partial charge < -0.3 is 10.6 Å². The van der Waals surface area contributed by atoms with E-state index in [1.807, 2.05) is 0 Å². The molecule has 0 bridgehead atoms. The van der Waals surface area contributed by atoms with Gasteiger partial charge in [-0.2, -0.15) is 10.5 Å². The second-order valence-corrected chi connectivity index (χ2v) is 7.84. The molecule has 0 aliphatic carbocycles. The van der Waals surface area contributed by atoms with Gasteiger partial charge in [0.25, 0.3) is 0 Å². The van der Waals surface area contributed by atoms with Crippen LogP contribution in [0.2, 0.25) is 0 Å². The van der Waals surface area contributed by atoms with Gasteiger partial charge in [0.2, 0.25) is 0 Å². The van der Waals surface area contributed by atoms with Crippen LogP contribution in [-0.4, -0.2) is 36.1 Å². The average molecular weight is 449 g/mol. The molecule has 1 fully saturated rings. The summed E-state index contributed by atoms with van der Waals surface area (Å²) in [6.45, 7) is 4.34. The number of nitrogens with one attached hydrogen (secondary N) is 2. The van der Waals surface area contributed by atoms with Crippen LogP contribution in [-0.2, 0) is 6.54 Å². The van der Waals surface area contributed by atoms with Crippen molar-refractivity contribution >= 4 is 24.0 Å². The third kappa shape index (κ3) is 7.17. The normalized spacial score (nSPS) is 13.8. The summed E-state index contributed by atoms with van der Waals surface area (Å²) in [5.74, 6) is 4.12. The van der Waals surface area contributed by atoms with Gasteiger partial charge in [0, 0.05) is 13.1 Å². The van der Waals surface area contributed by atoms with Gasteiger partial charge in [-0.3, -0.25) is 4.90 Å². The van der Waals surface area contributed by atoms with Gasteiger partial charge in [-0.25, -0.2) is 4.98 Å². The quantitative estimate of drug-likeness (QED) is 0.436. The molecule has 2 aromatic rings. The van der Waals surface area contributed by atoms with Crippen molar-refractivity contribution < 1.29 is 0 Å². The number of anilines is 2. The van der Waals surface area contributed by atoms with Crippen molar-refractivity contribution in [2.45, 2.75) is 32.2 Å². The maximum absolute atomic E-state index is 9.40. The maximum Gasteiger partial charge on any atom is 0.147 e. The Kier molecular flexibility index (Phi) is 10.3. The Morgan fingerprint density at radius 2 is 1.69 bits per heavy atom. The fraction of sp³-hybridized carbons (Fsp3) is 0.400. The van der Waals surface area contributed by atoms with E-state index in [0.29, 0.717) is 22.8 Å². The number of pyridine rings is 1. The zero-order valence-corrected chi connectivity index (χ0v) is 19.0. The number of halogens is 1. The molecule has 3 rings (SSSR count). The number of aromatic nitrogens is 1. The summed E-state index contributed by atoms with van der Waals surface area (Å²) >= 11 is 0. The van der Waals surface area contributed by atoms with E-state index in [1.165, 1.54) is 18.4 Å². The topological polar surface area (TPSA) is 87.8 Å². The van der Waals surface area contributed by atoms with Gasteiger partial charge in [0.15, 0.2) is 0 Å². The molecule has 1 aromatic heterocycles. The Balaban J connectivity index is 0.00000363.